The molecule has 0 aliphatic rings. The molecule has 0 bridgehead atoms. The SMILES string of the molecule is ClCCC#Cc1cnn(-c2ccc(Cl)nn2)c1. The maximum Gasteiger partial charge on any atom is 0.175 e. The predicted molar refractivity (Wildman–Crippen MR) is 66.4 cm³/mol. The third kappa shape index (κ3) is 3.19. The van der Waals surface area contributed by atoms with Gasteiger partial charge in [0.15, 0.2) is 11.0 Å². The fraction of sp³-hybridized carbons (Fsp3) is 0.182. The van der Waals surface area contributed by atoms with Crippen LogP contribution in [-0.2, 0) is 0 Å². The standard InChI is InChI=1S/C11H8Cl2N4/c12-6-2-1-3-9-7-14-17(8-9)11-5-4-10(13)15-16-11/h4-5,7-8H,2,6H2. The molecule has 0 radical (unpaired) electrons. The van der Waals surface area contributed by atoms with E-state index in [1.807, 2.05) is 0 Å². The van der Waals surface area contributed by atoms with Gasteiger partial charge in [-0.05, 0) is 12.1 Å². The summed E-state index contributed by atoms with van der Waals surface area (Å²) >= 11 is 11.2. The predicted octanol–water partition coefficient (Wildman–Crippen LogP) is 2.30. The van der Waals surface area contributed by atoms with Crippen LogP contribution in [0.2, 0.25) is 5.15 Å². The third-order valence-corrected chi connectivity index (χ3v) is 2.28. The first-order chi connectivity index (χ1) is 8.29. The lowest BCUT2D eigenvalue weighted by atomic mass is 10.3. The highest BCUT2D eigenvalue weighted by atomic mass is 35.5. The van der Waals surface area contributed by atoms with E-state index in [-0.39, 0.29) is 0 Å². The second-order valence-electron chi connectivity index (χ2n) is 3.13. The van der Waals surface area contributed by atoms with Gasteiger partial charge in [0, 0.05) is 18.5 Å². The molecule has 0 spiro atoms. The van der Waals surface area contributed by atoms with Gasteiger partial charge in [0.25, 0.3) is 0 Å². The van der Waals surface area contributed by atoms with E-state index in [4.69, 9.17) is 23.2 Å². The Morgan fingerprint density at radius 3 is 2.88 bits per heavy atom. The summed E-state index contributed by atoms with van der Waals surface area (Å²) in [6.45, 7) is 0. The Hall–Kier alpha value is -1.57. The van der Waals surface area contributed by atoms with Crippen molar-refractivity contribution in [3.05, 3.63) is 35.2 Å². The van der Waals surface area contributed by atoms with Crippen LogP contribution in [0.15, 0.2) is 24.5 Å². The molecule has 0 amide bonds. The first-order valence-corrected chi connectivity index (χ1v) is 5.80. The van der Waals surface area contributed by atoms with Crippen molar-refractivity contribution >= 4 is 23.2 Å². The van der Waals surface area contributed by atoms with E-state index < -0.39 is 0 Å². The van der Waals surface area contributed by atoms with Crippen LogP contribution in [0.4, 0.5) is 0 Å². The van der Waals surface area contributed by atoms with Crippen molar-refractivity contribution in [2.45, 2.75) is 6.42 Å². The van der Waals surface area contributed by atoms with Crippen LogP contribution in [0, 0.1) is 11.8 Å². The zero-order valence-electron chi connectivity index (χ0n) is 8.77. The van der Waals surface area contributed by atoms with Crippen LogP contribution in [-0.4, -0.2) is 25.9 Å². The maximum atomic E-state index is 5.65. The lowest BCUT2D eigenvalue weighted by Crippen LogP contribution is -1.98. The Labute approximate surface area is 109 Å². The Morgan fingerprint density at radius 1 is 1.29 bits per heavy atom. The number of nitrogens with zero attached hydrogens (tertiary/aromatic N) is 4. The van der Waals surface area contributed by atoms with Crippen molar-refractivity contribution in [1.82, 2.24) is 20.0 Å². The van der Waals surface area contributed by atoms with Crippen LogP contribution < -0.4 is 0 Å². The first kappa shape index (κ1) is 11.9. The fourth-order valence-electron chi connectivity index (χ4n) is 1.16. The molecule has 2 aromatic heterocycles. The zero-order chi connectivity index (χ0) is 12.1. The molecule has 0 aliphatic heterocycles. The van der Waals surface area contributed by atoms with Crippen LogP contribution >= 0.6 is 23.2 Å². The van der Waals surface area contributed by atoms with Crippen molar-refractivity contribution in [3.63, 3.8) is 0 Å². The summed E-state index contributed by atoms with van der Waals surface area (Å²) in [5.41, 5.74) is 0.812. The highest BCUT2D eigenvalue weighted by Crippen LogP contribution is 2.07. The second-order valence-corrected chi connectivity index (χ2v) is 3.89. The molecule has 2 aromatic rings. The number of rotatable bonds is 2. The molecular formula is C11H8Cl2N4. The van der Waals surface area contributed by atoms with E-state index in [0.29, 0.717) is 23.3 Å². The highest BCUT2D eigenvalue weighted by Gasteiger charge is 2.00. The molecular weight excluding hydrogens is 259 g/mol. The van der Waals surface area contributed by atoms with Gasteiger partial charge < -0.3 is 0 Å². The van der Waals surface area contributed by atoms with Crippen molar-refractivity contribution in [2.24, 2.45) is 0 Å². The van der Waals surface area contributed by atoms with Crippen molar-refractivity contribution in [2.75, 3.05) is 5.88 Å². The minimum absolute atomic E-state index is 0.350. The second kappa shape index (κ2) is 5.67. The lowest BCUT2D eigenvalue weighted by Gasteiger charge is -1.96. The van der Waals surface area contributed by atoms with E-state index in [9.17, 15) is 0 Å². The van der Waals surface area contributed by atoms with E-state index in [1.165, 1.54) is 0 Å². The fourth-order valence-corrected chi connectivity index (χ4v) is 1.35. The average Bonchev–Trinajstić information content (AvgIpc) is 2.79. The smallest absolute Gasteiger partial charge is 0.175 e. The summed E-state index contributed by atoms with van der Waals surface area (Å²) in [6.07, 6.45) is 4.10. The van der Waals surface area contributed by atoms with Gasteiger partial charge in [-0.25, -0.2) is 4.68 Å². The molecule has 0 fully saturated rings. The monoisotopic (exact) mass is 266 g/mol. The zero-order valence-corrected chi connectivity index (χ0v) is 10.3. The van der Waals surface area contributed by atoms with Gasteiger partial charge in [-0.3, -0.25) is 0 Å². The summed E-state index contributed by atoms with van der Waals surface area (Å²) in [5, 5.41) is 12.1. The van der Waals surface area contributed by atoms with Crippen LogP contribution in [0.3, 0.4) is 0 Å². The summed E-state index contributed by atoms with van der Waals surface area (Å²) in [6, 6.07) is 3.39. The molecule has 0 aliphatic carbocycles. The number of hydrogen-bond acceptors (Lipinski definition) is 3. The Balaban J connectivity index is 2.19. The van der Waals surface area contributed by atoms with Gasteiger partial charge in [-0.2, -0.15) is 5.10 Å². The normalized spacial score (nSPS) is 9.76. The van der Waals surface area contributed by atoms with Gasteiger partial charge in [-0.15, -0.1) is 21.8 Å². The van der Waals surface area contributed by atoms with E-state index in [0.717, 1.165) is 5.56 Å². The Bertz CT molecular complexity index is 551. The largest absolute Gasteiger partial charge is 0.220 e. The minimum atomic E-state index is 0.350. The number of halogens is 2. The summed E-state index contributed by atoms with van der Waals surface area (Å²) in [4.78, 5) is 0. The molecule has 0 unspecified atom stereocenters. The van der Waals surface area contributed by atoms with E-state index in [1.54, 1.807) is 29.2 Å². The lowest BCUT2D eigenvalue weighted by molar-refractivity contribution is 0.814. The molecule has 17 heavy (non-hydrogen) atoms. The van der Waals surface area contributed by atoms with E-state index >= 15 is 0 Å². The summed E-state index contributed by atoms with van der Waals surface area (Å²) in [5.74, 6) is 7.02. The molecule has 4 nitrogen and oxygen atoms in total. The van der Waals surface area contributed by atoms with Crippen LogP contribution in [0.1, 0.15) is 12.0 Å². The maximum absolute atomic E-state index is 5.65. The van der Waals surface area contributed by atoms with E-state index in [2.05, 4.69) is 27.1 Å². The molecule has 86 valence electrons. The molecule has 2 heterocycles. The molecule has 0 saturated carbocycles. The summed E-state index contributed by atoms with van der Waals surface area (Å²) in [7, 11) is 0. The first-order valence-electron chi connectivity index (χ1n) is 4.89. The molecule has 0 N–H and O–H groups in total. The highest BCUT2D eigenvalue weighted by molar-refractivity contribution is 6.29. The molecule has 0 saturated heterocycles. The van der Waals surface area contributed by atoms with Crippen molar-refractivity contribution < 1.29 is 0 Å². The molecule has 0 atom stereocenters. The van der Waals surface area contributed by atoms with Crippen molar-refractivity contribution in [1.29, 1.82) is 0 Å². The molecule has 2 rings (SSSR count). The quantitative estimate of drug-likeness (QED) is 0.619. The number of hydrogen-bond donors (Lipinski definition) is 0. The number of aromatic nitrogens is 4. The van der Waals surface area contributed by atoms with Gasteiger partial charge in [0.1, 0.15) is 0 Å². The van der Waals surface area contributed by atoms with Gasteiger partial charge in [0.2, 0.25) is 0 Å². The third-order valence-electron chi connectivity index (χ3n) is 1.89. The topological polar surface area (TPSA) is 43.6 Å². The molecule has 6 heteroatoms. The van der Waals surface area contributed by atoms with Crippen LogP contribution in [0.25, 0.3) is 5.82 Å². The van der Waals surface area contributed by atoms with Crippen molar-refractivity contribution in [3.8, 4) is 17.7 Å². The Morgan fingerprint density at radius 2 is 2.18 bits per heavy atom. The number of alkyl halides is 1. The molecule has 0 aromatic carbocycles. The van der Waals surface area contributed by atoms with Crippen LogP contribution in [0.5, 0.6) is 0 Å². The summed E-state index contributed by atoms with van der Waals surface area (Å²) < 4.78 is 1.59. The average molecular weight is 267 g/mol. The van der Waals surface area contributed by atoms with Gasteiger partial charge in [-0.1, -0.05) is 23.4 Å². The van der Waals surface area contributed by atoms with Gasteiger partial charge >= 0.3 is 0 Å². The van der Waals surface area contributed by atoms with Gasteiger partial charge in [0.05, 0.1) is 11.8 Å². The Kier molecular flexibility index (Phi) is 3.97. The minimum Gasteiger partial charge on any atom is -0.220 e.